The number of carbonyl (C=O) groups is 3. The number of ether oxygens (including phenoxy) is 2. The lowest BCUT2D eigenvalue weighted by Gasteiger charge is -2.20. The number of nitrogens with one attached hydrogen (secondary N) is 1. The molecule has 10 nitrogen and oxygen atoms in total. The van der Waals surface area contributed by atoms with Gasteiger partial charge in [-0.25, -0.2) is 4.68 Å². The second kappa shape index (κ2) is 9.73. The number of carbonyl (C=O) groups excluding carboxylic acids is 3. The maximum absolute atomic E-state index is 13.4. The summed E-state index contributed by atoms with van der Waals surface area (Å²) in [7, 11) is 0. The molecule has 3 aromatic rings. The van der Waals surface area contributed by atoms with Gasteiger partial charge in [0.15, 0.2) is 11.5 Å². The van der Waals surface area contributed by atoms with E-state index in [1.54, 1.807) is 32.7 Å². The van der Waals surface area contributed by atoms with Gasteiger partial charge in [-0.3, -0.25) is 14.4 Å². The third-order valence-corrected chi connectivity index (χ3v) is 6.46. The van der Waals surface area contributed by atoms with E-state index in [4.69, 9.17) is 9.47 Å². The molecule has 0 radical (unpaired) electrons. The van der Waals surface area contributed by atoms with E-state index >= 15 is 0 Å². The van der Waals surface area contributed by atoms with Crippen molar-refractivity contribution in [2.45, 2.75) is 20.3 Å². The van der Waals surface area contributed by atoms with Gasteiger partial charge in [0.05, 0.1) is 17.8 Å². The Bertz CT molecular complexity index is 1300. The number of anilines is 2. The van der Waals surface area contributed by atoms with Crippen molar-refractivity contribution in [1.82, 2.24) is 14.7 Å². The third-order valence-electron chi connectivity index (χ3n) is 6.46. The van der Waals surface area contributed by atoms with Crippen LogP contribution in [0.5, 0.6) is 11.5 Å². The molecule has 3 heterocycles. The van der Waals surface area contributed by atoms with Crippen molar-refractivity contribution < 1.29 is 23.9 Å². The van der Waals surface area contributed by atoms with Crippen LogP contribution in [0.2, 0.25) is 0 Å². The van der Waals surface area contributed by atoms with Crippen molar-refractivity contribution in [1.29, 1.82) is 0 Å². The molecule has 0 bridgehead atoms. The Hall–Kier alpha value is -4.34. The molecule has 186 valence electrons. The van der Waals surface area contributed by atoms with Gasteiger partial charge in [-0.15, -0.1) is 0 Å². The van der Waals surface area contributed by atoms with Crippen LogP contribution >= 0.6 is 0 Å². The summed E-state index contributed by atoms with van der Waals surface area (Å²) in [6.45, 7) is 5.21. The molecule has 0 spiro atoms. The highest BCUT2D eigenvalue weighted by atomic mass is 16.7. The van der Waals surface area contributed by atoms with Gasteiger partial charge in [-0.2, -0.15) is 5.10 Å². The maximum atomic E-state index is 13.4. The highest BCUT2D eigenvalue weighted by molar-refractivity contribution is 6.06. The van der Waals surface area contributed by atoms with Crippen molar-refractivity contribution in [2.24, 2.45) is 5.92 Å². The van der Waals surface area contributed by atoms with E-state index in [-0.39, 0.29) is 43.3 Å². The number of rotatable bonds is 7. The van der Waals surface area contributed by atoms with Crippen LogP contribution in [0, 0.1) is 5.92 Å². The Labute approximate surface area is 208 Å². The van der Waals surface area contributed by atoms with E-state index < -0.39 is 5.92 Å². The summed E-state index contributed by atoms with van der Waals surface area (Å²) in [6, 6.07) is 14.5. The standard InChI is InChI=1S/C26H27N5O5/c1-3-29(4-2)26(34)20-14-27-31(18-8-6-5-7-9-18)24(20)28-25(33)17-12-23(32)30(15-17)19-10-11-21-22(13-19)36-16-35-21/h5-11,13-14,17H,3-4,12,15-16H2,1-2H3,(H,28,33). The van der Waals surface area contributed by atoms with Crippen molar-refractivity contribution >= 4 is 29.2 Å². The number of hydrogen-bond donors (Lipinski definition) is 1. The molecule has 1 unspecified atom stereocenters. The average molecular weight is 490 g/mol. The first-order valence-corrected chi connectivity index (χ1v) is 11.9. The van der Waals surface area contributed by atoms with Crippen LogP contribution in [-0.2, 0) is 9.59 Å². The number of fused-ring (bicyclic) bond motifs is 1. The minimum absolute atomic E-state index is 0.0546. The molecule has 1 saturated heterocycles. The summed E-state index contributed by atoms with van der Waals surface area (Å²) in [5.41, 5.74) is 1.65. The van der Waals surface area contributed by atoms with E-state index in [1.807, 2.05) is 44.2 Å². The molecule has 1 fully saturated rings. The van der Waals surface area contributed by atoms with Gasteiger partial charge >= 0.3 is 0 Å². The normalized spacial score (nSPS) is 16.3. The lowest BCUT2D eigenvalue weighted by atomic mass is 10.1. The van der Waals surface area contributed by atoms with Crippen molar-refractivity contribution in [3.63, 3.8) is 0 Å². The number of benzene rings is 2. The predicted molar refractivity (Wildman–Crippen MR) is 132 cm³/mol. The minimum Gasteiger partial charge on any atom is -0.454 e. The molecule has 10 heteroatoms. The number of para-hydroxylation sites is 1. The van der Waals surface area contributed by atoms with Crippen molar-refractivity contribution in [2.75, 3.05) is 36.6 Å². The first-order valence-electron chi connectivity index (χ1n) is 11.9. The minimum atomic E-state index is -0.599. The second-order valence-electron chi connectivity index (χ2n) is 8.56. The maximum Gasteiger partial charge on any atom is 0.259 e. The number of nitrogens with zero attached hydrogens (tertiary/aromatic N) is 4. The Morgan fingerprint density at radius 3 is 2.56 bits per heavy atom. The average Bonchev–Trinajstić information content (AvgIpc) is 3.63. The molecule has 1 aromatic heterocycles. The zero-order valence-electron chi connectivity index (χ0n) is 20.1. The lowest BCUT2D eigenvalue weighted by molar-refractivity contribution is -0.122. The first kappa shape index (κ1) is 23.4. The topological polar surface area (TPSA) is 106 Å². The Morgan fingerprint density at radius 2 is 1.81 bits per heavy atom. The first-order chi connectivity index (χ1) is 17.5. The van der Waals surface area contributed by atoms with E-state index in [0.29, 0.717) is 41.5 Å². The summed E-state index contributed by atoms with van der Waals surface area (Å²) in [5.74, 6) is 0.152. The van der Waals surface area contributed by atoms with Gasteiger partial charge in [0.2, 0.25) is 18.6 Å². The van der Waals surface area contributed by atoms with Gasteiger partial charge < -0.3 is 24.6 Å². The van der Waals surface area contributed by atoms with E-state index in [2.05, 4.69) is 10.4 Å². The Kier molecular flexibility index (Phi) is 6.32. The smallest absolute Gasteiger partial charge is 0.259 e. The Morgan fingerprint density at radius 1 is 1.06 bits per heavy atom. The third kappa shape index (κ3) is 4.26. The summed E-state index contributed by atoms with van der Waals surface area (Å²) < 4.78 is 12.3. The molecule has 0 saturated carbocycles. The van der Waals surface area contributed by atoms with Crippen molar-refractivity contribution in [3.8, 4) is 17.2 Å². The van der Waals surface area contributed by atoms with Gasteiger partial charge in [-0.1, -0.05) is 18.2 Å². The SMILES string of the molecule is CCN(CC)C(=O)c1cnn(-c2ccccc2)c1NC(=O)C1CC(=O)N(c2ccc3c(c2)OCO3)C1. The Balaban J connectivity index is 1.40. The highest BCUT2D eigenvalue weighted by Gasteiger charge is 2.37. The zero-order chi connectivity index (χ0) is 25.2. The van der Waals surface area contributed by atoms with E-state index in [1.165, 1.54) is 6.20 Å². The summed E-state index contributed by atoms with van der Waals surface area (Å²) in [5, 5.41) is 7.31. The molecule has 1 N–H and O–H groups in total. The number of amides is 3. The van der Waals surface area contributed by atoms with Crippen LogP contribution in [-0.4, -0.2) is 58.8 Å². The molecule has 5 rings (SSSR count). The number of hydrogen-bond acceptors (Lipinski definition) is 6. The van der Waals surface area contributed by atoms with Crippen LogP contribution in [0.15, 0.2) is 54.7 Å². The van der Waals surface area contributed by atoms with Crippen LogP contribution in [0.3, 0.4) is 0 Å². The molecule has 2 aromatic carbocycles. The van der Waals surface area contributed by atoms with E-state index in [9.17, 15) is 14.4 Å². The molecule has 36 heavy (non-hydrogen) atoms. The fraction of sp³-hybridized carbons (Fsp3) is 0.308. The summed E-state index contributed by atoms with van der Waals surface area (Å²) in [6.07, 6.45) is 1.53. The van der Waals surface area contributed by atoms with Gasteiger partial charge in [0.1, 0.15) is 11.4 Å². The summed E-state index contributed by atoms with van der Waals surface area (Å²) in [4.78, 5) is 42.6. The molecule has 3 amide bonds. The van der Waals surface area contributed by atoms with Crippen LogP contribution in [0.25, 0.3) is 5.69 Å². The lowest BCUT2D eigenvalue weighted by Crippen LogP contribution is -2.32. The monoisotopic (exact) mass is 489 g/mol. The summed E-state index contributed by atoms with van der Waals surface area (Å²) >= 11 is 0. The molecular formula is C26H27N5O5. The molecule has 0 aliphatic carbocycles. The van der Waals surface area contributed by atoms with Gasteiger partial charge in [0, 0.05) is 37.8 Å². The highest BCUT2D eigenvalue weighted by Crippen LogP contribution is 2.37. The molecule has 2 aliphatic rings. The van der Waals surface area contributed by atoms with Crippen molar-refractivity contribution in [3.05, 3.63) is 60.3 Å². The predicted octanol–water partition coefficient (Wildman–Crippen LogP) is 3.07. The van der Waals surface area contributed by atoms with Crippen LogP contribution in [0.1, 0.15) is 30.6 Å². The second-order valence-corrected chi connectivity index (χ2v) is 8.56. The molecular weight excluding hydrogens is 462 g/mol. The van der Waals surface area contributed by atoms with Gasteiger partial charge in [-0.05, 0) is 38.1 Å². The fourth-order valence-electron chi connectivity index (χ4n) is 4.48. The fourth-order valence-corrected chi connectivity index (χ4v) is 4.48. The zero-order valence-corrected chi connectivity index (χ0v) is 20.1. The van der Waals surface area contributed by atoms with Gasteiger partial charge in [0.25, 0.3) is 5.91 Å². The van der Waals surface area contributed by atoms with Crippen LogP contribution < -0.4 is 19.7 Å². The van der Waals surface area contributed by atoms with Crippen LogP contribution in [0.4, 0.5) is 11.5 Å². The number of aromatic nitrogens is 2. The quantitative estimate of drug-likeness (QED) is 0.547. The molecule has 2 aliphatic heterocycles. The molecule has 1 atom stereocenters. The largest absolute Gasteiger partial charge is 0.454 e. The van der Waals surface area contributed by atoms with E-state index in [0.717, 1.165) is 0 Å².